The number of hydrogen-bond donors (Lipinski definition) is 1. The summed E-state index contributed by atoms with van der Waals surface area (Å²) in [7, 11) is 1.66. The van der Waals surface area contributed by atoms with Crippen LogP contribution in [0.4, 0.5) is 5.69 Å². The summed E-state index contributed by atoms with van der Waals surface area (Å²) >= 11 is 0. The van der Waals surface area contributed by atoms with Crippen molar-refractivity contribution in [3.8, 4) is 11.5 Å². The van der Waals surface area contributed by atoms with E-state index in [1.165, 1.54) is 0 Å². The third-order valence-electron chi connectivity index (χ3n) is 6.97. The number of morpholine rings is 1. The molecule has 0 bridgehead atoms. The van der Waals surface area contributed by atoms with Crippen molar-refractivity contribution < 1.29 is 33.3 Å². The van der Waals surface area contributed by atoms with Crippen LogP contribution in [-0.4, -0.2) is 68.3 Å². The van der Waals surface area contributed by atoms with Gasteiger partial charge in [0.25, 0.3) is 0 Å². The van der Waals surface area contributed by atoms with Crippen LogP contribution in [-0.2, 0) is 30.3 Å². The fourth-order valence-electron chi connectivity index (χ4n) is 4.70. The van der Waals surface area contributed by atoms with Gasteiger partial charge in [-0.05, 0) is 94.3 Å². The maximum atomic E-state index is 12.6. The molecule has 1 aliphatic heterocycles. The first-order chi connectivity index (χ1) is 21.1. The Kier molecular flexibility index (Phi) is 14.2. The third kappa shape index (κ3) is 13.2. The lowest BCUT2D eigenvalue weighted by Gasteiger charge is -2.26. The number of aryl methyl sites for hydroxylation is 1. The Morgan fingerprint density at radius 1 is 0.955 bits per heavy atom. The maximum Gasteiger partial charge on any atom is 0.306 e. The Hall–Kier alpha value is -3.85. The van der Waals surface area contributed by atoms with Crippen molar-refractivity contribution in [1.29, 1.82) is 0 Å². The first kappa shape index (κ1) is 34.6. The van der Waals surface area contributed by atoms with Crippen molar-refractivity contribution in [2.75, 3.05) is 45.3 Å². The Balaban J connectivity index is 1.49. The van der Waals surface area contributed by atoms with Crippen molar-refractivity contribution in [1.82, 2.24) is 4.90 Å². The number of benzene rings is 2. The van der Waals surface area contributed by atoms with E-state index in [0.29, 0.717) is 63.6 Å². The lowest BCUT2D eigenvalue weighted by atomic mass is 10.1. The van der Waals surface area contributed by atoms with Gasteiger partial charge in [-0.2, -0.15) is 0 Å². The molecule has 3 rings (SSSR count). The zero-order chi connectivity index (χ0) is 31.8. The predicted octanol–water partition coefficient (Wildman–Crippen LogP) is 6.20. The van der Waals surface area contributed by atoms with E-state index in [2.05, 4.69) is 17.5 Å². The van der Waals surface area contributed by atoms with E-state index in [4.69, 9.17) is 18.9 Å². The largest absolute Gasteiger partial charge is 0.497 e. The van der Waals surface area contributed by atoms with E-state index in [1.807, 2.05) is 57.2 Å². The molecular weight excluding hydrogens is 560 g/mol. The monoisotopic (exact) mass is 608 g/mol. The molecule has 0 radical (unpaired) electrons. The molecule has 2 amide bonds. The van der Waals surface area contributed by atoms with Gasteiger partial charge in [0.05, 0.1) is 26.9 Å². The second kappa shape index (κ2) is 18.1. The fraction of sp³-hybridized carbons (Fsp3) is 0.514. The van der Waals surface area contributed by atoms with Crippen LogP contribution in [0.3, 0.4) is 0 Å². The van der Waals surface area contributed by atoms with Gasteiger partial charge in [0.1, 0.15) is 17.1 Å². The molecule has 0 unspecified atom stereocenters. The maximum absolute atomic E-state index is 12.6. The van der Waals surface area contributed by atoms with Crippen LogP contribution in [0.5, 0.6) is 11.5 Å². The number of amides is 2. The summed E-state index contributed by atoms with van der Waals surface area (Å²) in [5.41, 5.74) is 2.03. The Morgan fingerprint density at radius 3 is 2.41 bits per heavy atom. The number of anilines is 1. The third-order valence-corrected chi connectivity index (χ3v) is 6.97. The Labute approximate surface area is 261 Å². The first-order valence-electron chi connectivity index (χ1n) is 15.6. The van der Waals surface area contributed by atoms with Crippen molar-refractivity contribution in [2.24, 2.45) is 0 Å². The zero-order valence-corrected chi connectivity index (χ0v) is 26.7. The number of carbonyl (C=O) groups is 3. The molecular formula is C35H48N2O7. The van der Waals surface area contributed by atoms with E-state index >= 15 is 0 Å². The van der Waals surface area contributed by atoms with E-state index in [-0.39, 0.29) is 30.6 Å². The summed E-state index contributed by atoms with van der Waals surface area (Å²) in [6.07, 6.45) is 8.72. The molecule has 9 nitrogen and oxygen atoms in total. The van der Waals surface area contributed by atoms with Crippen LogP contribution >= 0.6 is 0 Å². The summed E-state index contributed by atoms with van der Waals surface area (Å²) in [5.74, 6) is 1.14. The first-order valence-corrected chi connectivity index (χ1v) is 15.6. The van der Waals surface area contributed by atoms with Crippen LogP contribution in [0.25, 0.3) is 6.08 Å². The number of nitrogens with one attached hydrogen (secondary N) is 1. The van der Waals surface area contributed by atoms with Crippen LogP contribution < -0.4 is 14.8 Å². The second-order valence-corrected chi connectivity index (χ2v) is 11.8. The quantitative estimate of drug-likeness (QED) is 0.179. The fourth-order valence-corrected chi connectivity index (χ4v) is 4.70. The molecule has 0 spiro atoms. The zero-order valence-electron chi connectivity index (χ0n) is 26.7. The molecule has 9 heteroatoms. The van der Waals surface area contributed by atoms with Crippen molar-refractivity contribution >= 4 is 29.5 Å². The van der Waals surface area contributed by atoms with Crippen LogP contribution in [0.1, 0.15) is 76.8 Å². The minimum absolute atomic E-state index is 0.0558. The lowest BCUT2D eigenvalue weighted by molar-refractivity contribution is -0.154. The lowest BCUT2D eigenvalue weighted by Crippen LogP contribution is -2.40. The van der Waals surface area contributed by atoms with E-state index in [0.717, 1.165) is 36.1 Å². The number of ether oxygens (including phenoxy) is 4. The van der Waals surface area contributed by atoms with E-state index in [9.17, 15) is 14.4 Å². The predicted molar refractivity (Wildman–Crippen MR) is 172 cm³/mol. The molecule has 44 heavy (non-hydrogen) atoms. The number of esters is 1. The van der Waals surface area contributed by atoms with E-state index < -0.39 is 5.60 Å². The van der Waals surface area contributed by atoms with Gasteiger partial charge < -0.3 is 29.2 Å². The second-order valence-electron chi connectivity index (χ2n) is 11.8. The van der Waals surface area contributed by atoms with Gasteiger partial charge in [0.15, 0.2) is 0 Å². The topological polar surface area (TPSA) is 103 Å². The van der Waals surface area contributed by atoms with Crippen molar-refractivity contribution in [3.63, 3.8) is 0 Å². The van der Waals surface area contributed by atoms with Crippen molar-refractivity contribution in [3.05, 3.63) is 59.7 Å². The molecule has 1 fully saturated rings. The standard InChI is InChI=1S/C35H48N2O7/c1-35(2,3)44-34(40)20-15-28-26-29(36-32(38)11-9-12-33(39)37-21-24-42-25-22-37)16-19-31(28)43-23-8-6-5-7-10-27-13-17-30(41-4)18-14-27/h7,10,13-14,16-19,26H,5-6,8-9,11-12,15,20-25H2,1-4H3,(H,36,38). The van der Waals surface area contributed by atoms with Crippen molar-refractivity contribution in [2.45, 2.75) is 77.7 Å². The molecule has 0 aliphatic carbocycles. The highest BCUT2D eigenvalue weighted by Gasteiger charge is 2.18. The van der Waals surface area contributed by atoms with Gasteiger partial charge in [-0.3, -0.25) is 14.4 Å². The highest BCUT2D eigenvalue weighted by molar-refractivity contribution is 5.91. The molecule has 1 saturated heterocycles. The average molecular weight is 609 g/mol. The minimum Gasteiger partial charge on any atom is -0.497 e. The number of rotatable bonds is 16. The Bertz CT molecular complexity index is 1230. The molecule has 2 aromatic rings. The summed E-state index contributed by atoms with van der Waals surface area (Å²) in [6.45, 7) is 8.40. The number of hydrogen-bond acceptors (Lipinski definition) is 7. The molecule has 2 aromatic carbocycles. The normalized spacial score (nSPS) is 13.5. The van der Waals surface area contributed by atoms with Crippen LogP contribution in [0.15, 0.2) is 48.5 Å². The molecule has 240 valence electrons. The molecule has 1 heterocycles. The molecule has 0 aromatic heterocycles. The summed E-state index contributed by atoms with van der Waals surface area (Å²) in [4.78, 5) is 39.2. The van der Waals surface area contributed by atoms with Gasteiger partial charge in [-0.1, -0.05) is 24.3 Å². The smallest absolute Gasteiger partial charge is 0.306 e. The summed E-state index contributed by atoms with van der Waals surface area (Å²) < 4.78 is 22.1. The number of carbonyl (C=O) groups excluding carboxylic acids is 3. The number of methoxy groups -OCH3 is 1. The van der Waals surface area contributed by atoms with Crippen LogP contribution in [0.2, 0.25) is 0 Å². The number of nitrogens with zero attached hydrogens (tertiary/aromatic N) is 1. The van der Waals surface area contributed by atoms with Gasteiger partial charge in [0.2, 0.25) is 11.8 Å². The SMILES string of the molecule is COc1ccc(C=CCCCCOc2ccc(NC(=O)CCCC(=O)N3CCOCC3)cc2CCC(=O)OC(C)(C)C)cc1. The Morgan fingerprint density at radius 2 is 1.70 bits per heavy atom. The number of unbranched alkanes of at least 4 members (excludes halogenated alkanes) is 2. The summed E-state index contributed by atoms with van der Waals surface area (Å²) in [6, 6.07) is 13.4. The number of allylic oxidation sites excluding steroid dienone is 1. The van der Waals surface area contributed by atoms with Gasteiger partial charge in [-0.15, -0.1) is 0 Å². The highest BCUT2D eigenvalue weighted by Crippen LogP contribution is 2.26. The van der Waals surface area contributed by atoms with Gasteiger partial charge >= 0.3 is 5.97 Å². The molecule has 1 aliphatic rings. The average Bonchev–Trinajstić information content (AvgIpc) is 3.00. The summed E-state index contributed by atoms with van der Waals surface area (Å²) in [5, 5.41) is 2.93. The van der Waals surface area contributed by atoms with E-state index in [1.54, 1.807) is 18.1 Å². The minimum atomic E-state index is -0.558. The highest BCUT2D eigenvalue weighted by atomic mass is 16.6. The molecule has 1 N–H and O–H groups in total. The molecule has 0 atom stereocenters. The van der Waals surface area contributed by atoms with Gasteiger partial charge in [-0.25, -0.2) is 0 Å². The van der Waals surface area contributed by atoms with Gasteiger partial charge in [0, 0.05) is 38.0 Å². The molecule has 0 saturated carbocycles. The van der Waals surface area contributed by atoms with Crippen LogP contribution in [0, 0.1) is 0 Å².